The van der Waals surface area contributed by atoms with Crippen molar-refractivity contribution in [2.75, 3.05) is 0 Å². The molecule has 1 heterocycles. The van der Waals surface area contributed by atoms with Crippen LogP contribution in [0.15, 0.2) is 77.4 Å². The van der Waals surface area contributed by atoms with E-state index in [0.717, 1.165) is 5.56 Å². The van der Waals surface area contributed by atoms with Crippen molar-refractivity contribution in [2.45, 2.75) is 6.04 Å². The van der Waals surface area contributed by atoms with Crippen LogP contribution in [0.4, 0.5) is 0 Å². The van der Waals surface area contributed by atoms with Gasteiger partial charge < -0.3 is 9.73 Å². The molecule has 0 aliphatic rings. The second kappa shape index (κ2) is 6.63. The first-order valence-electron chi connectivity index (χ1n) is 7.17. The molecule has 0 fully saturated rings. The molecule has 0 saturated carbocycles. The average Bonchev–Trinajstić information content (AvgIpc) is 3.14. The molecule has 2 aromatic carbocycles. The summed E-state index contributed by atoms with van der Waals surface area (Å²) in [7, 11) is 0. The van der Waals surface area contributed by atoms with Crippen LogP contribution in [-0.2, 0) is 0 Å². The monoisotopic (exact) mass is 302 g/mol. The Labute approximate surface area is 134 Å². The predicted octanol–water partition coefficient (Wildman–Crippen LogP) is 3.67. The second-order valence-corrected chi connectivity index (χ2v) is 5.02. The summed E-state index contributed by atoms with van der Waals surface area (Å²) in [4.78, 5) is 12.5. The minimum Gasteiger partial charge on any atom is -0.467 e. The lowest BCUT2D eigenvalue weighted by Gasteiger charge is -2.17. The number of nitrogens with zero attached hydrogens (tertiary/aromatic N) is 1. The van der Waals surface area contributed by atoms with E-state index in [2.05, 4.69) is 5.32 Å². The third-order valence-electron chi connectivity index (χ3n) is 3.51. The Kier molecular flexibility index (Phi) is 4.21. The van der Waals surface area contributed by atoms with Crippen LogP contribution in [0.2, 0.25) is 0 Å². The molecule has 0 unspecified atom stereocenters. The smallest absolute Gasteiger partial charge is 0.252 e. The summed E-state index contributed by atoms with van der Waals surface area (Å²) in [5.41, 5.74) is 1.95. The molecular weight excluding hydrogens is 288 g/mol. The Morgan fingerprint density at radius 1 is 1.00 bits per heavy atom. The molecular formula is C19H14N2O2. The Bertz CT molecular complexity index is 816. The van der Waals surface area contributed by atoms with Gasteiger partial charge in [0.05, 0.1) is 17.9 Å². The molecule has 3 rings (SSSR count). The van der Waals surface area contributed by atoms with E-state index in [9.17, 15) is 4.79 Å². The van der Waals surface area contributed by atoms with Gasteiger partial charge in [0.25, 0.3) is 5.91 Å². The van der Waals surface area contributed by atoms with Crippen molar-refractivity contribution < 1.29 is 9.21 Å². The number of nitrogens with one attached hydrogen (secondary N) is 1. The second-order valence-electron chi connectivity index (χ2n) is 5.02. The molecule has 0 saturated heterocycles. The van der Waals surface area contributed by atoms with Gasteiger partial charge in [-0.05, 0) is 42.0 Å². The van der Waals surface area contributed by atoms with E-state index >= 15 is 0 Å². The van der Waals surface area contributed by atoms with Gasteiger partial charge >= 0.3 is 0 Å². The largest absolute Gasteiger partial charge is 0.467 e. The lowest BCUT2D eigenvalue weighted by atomic mass is 10.0. The van der Waals surface area contributed by atoms with Crippen molar-refractivity contribution in [3.8, 4) is 6.07 Å². The standard InChI is InChI=1S/C19H14N2O2/c20-13-14-8-10-16(11-9-14)19(22)21-18(17-7-4-12-23-17)15-5-2-1-3-6-15/h1-12,18H,(H,21,22)/t18-/m1/s1. The van der Waals surface area contributed by atoms with Gasteiger partial charge in [-0.15, -0.1) is 0 Å². The number of furan rings is 1. The summed E-state index contributed by atoms with van der Waals surface area (Å²) in [5.74, 6) is 0.443. The first-order chi connectivity index (χ1) is 11.3. The fourth-order valence-corrected chi connectivity index (χ4v) is 2.33. The molecule has 1 atom stereocenters. The Balaban J connectivity index is 1.86. The van der Waals surface area contributed by atoms with E-state index in [1.54, 1.807) is 36.6 Å². The van der Waals surface area contributed by atoms with Gasteiger partial charge in [0.15, 0.2) is 0 Å². The quantitative estimate of drug-likeness (QED) is 0.799. The minimum atomic E-state index is -0.366. The molecule has 112 valence electrons. The van der Waals surface area contributed by atoms with Crippen LogP contribution in [0.5, 0.6) is 0 Å². The molecule has 0 spiro atoms. The van der Waals surface area contributed by atoms with Gasteiger partial charge in [-0.25, -0.2) is 0 Å². The van der Waals surface area contributed by atoms with Crippen LogP contribution in [0, 0.1) is 11.3 Å². The summed E-state index contributed by atoms with van der Waals surface area (Å²) in [5, 5.41) is 11.8. The van der Waals surface area contributed by atoms with E-state index in [1.165, 1.54) is 0 Å². The summed E-state index contributed by atoms with van der Waals surface area (Å²) in [6, 6.07) is 21.4. The van der Waals surface area contributed by atoms with Crippen molar-refractivity contribution in [3.05, 3.63) is 95.4 Å². The van der Waals surface area contributed by atoms with Gasteiger partial charge in [-0.1, -0.05) is 30.3 Å². The summed E-state index contributed by atoms with van der Waals surface area (Å²) in [6.45, 7) is 0. The maximum atomic E-state index is 12.5. The Hall–Kier alpha value is -3.32. The van der Waals surface area contributed by atoms with Crippen molar-refractivity contribution in [1.29, 1.82) is 5.26 Å². The van der Waals surface area contributed by atoms with Crippen molar-refractivity contribution in [1.82, 2.24) is 5.32 Å². The number of carbonyl (C=O) groups excluding carboxylic acids is 1. The van der Waals surface area contributed by atoms with E-state index < -0.39 is 0 Å². The summed E-state index contributed by atoms with van der Waals surface area (Å²) < 4.78 is 5.47. The number of carbonyl (C=O) groups is 1. The molecule has 0 aliphatic heterocycles. The number of amides is 1. The Morgan fingerprint density at radius 3 is 2.35 bits per heavy atom. The minimum absolute atomic E-state index is 0.222. The lowest BCUT2D eigenvalue weighted by Crippen LogP contribution is -2.29. The maximum absolute atomic E-state index is 12.5. The molecule has 3 aromatic rings. The SMILES string of the molecule is N#Cc1ccc(C(=O)N[C@H](c2ccccc2)c2ccco2)cc1. The highest BCUT2D eigenvalue weighted by atomic mass is 16.3. The number of hydrogen-bond donors (Lipinski definition) is 1. The normalized spacial score (nSPS) is 11.4. The van der Waals surface area contributed by atoms with Crippen LogP contribution in [0.1, 0.15) is 33.3 Å². The molecule has 1 aromatic heterocycles. The number of rotatable bonds is 4. The molecule has 0 bridgehead atoms. The van der Waals surface area contributed by atoms with Crippen molar-refractivity contribution in [3.63, 3.8) is 0 Å². The molecule has 4 heteroatoms. The van der Waals surface area contributed by atoms with Gasteiger partial charge in [0.2, 0.25) is 0 Å². The molecule has 0 radical (unpaired) electrons. The van der Waals surface area contributed by atoms with Gasteiger partial charge in [-0.2, -0.15) is 5.26 Å². The molecule has 1 N–H and O–H groups in total. The third kappa shape index (κ3) is 3.30. The van der Waals surface area contributed by atoms with Crippen LogP contribution in [0.25, 0.3) is 0 Å². The molecule has 23 heavy (non-hydrogen) atoms. The van der Waals surface area contributed by atoms with Gasteiger partial charge in [0, 0.05) is 5.56 Å². The third-order valence-corrected chi connectivity index (χ3v) is 3.51. The highest BCUT2D eigenvalue weighted by molar-refractivity contribution is 5.94. The zero-order valence-corrected chi connectivity index (χ0v) is 12.3. The van der Waals surface area contributed by atoms with Gasteiger partial charge in [0.1, 0.15) is 11.8 Å². The zero-order valence-electron chi connectivity index (χ0n) is 12.3. The first-order valence-corrected chi connectivity index (χ1v) is 7.17. The van der Waals surface area contributed by atoms with Crippen LogP contribution < -0.4 is 5.32 Å². The number of benzene rings is 2. The first kappa shape index (κ1) is 14.6. The summed E-state index contributed by atoms with van der Waals surface area (Å²) >= 11 is 0. The highest BCUT2D eigenvalue weighted by Crippen LogP contribution is 2.22. The Morgan fingerprint density at radius 2 is 1.74 bits per heavy atom. The van der Waals surface area contributed by atoms with Crippen LogP contribution in [-0.4, -0.2) is 5.91 Å². The van der Waals surface area contributed by atoms with E-state index in [0.29, 0.717) is 16.9 Å². The number of nitriles is 1. The van der Waals surface area contributed by atoms with E-state index in [1.807, 2.05) is 42.5 Å². The van der Waals surface area contributed by atoms with Crippen LogP contribution in [0.3, 0.4) is 0 Å². The maximum Gasteiger partial charge on any atom is 0.252 e. The van der Waals surface area contributed by atoms with E-state index in [4.69, 9.17) is 9.68 Å². The number of hydrogen-bond acceptors (Lipinski definition) is 3. The van der Waals surface area contributed by atoms with Crippen LogP contribution >= 0.6 is 0 Å². The molecule has 4 nitrogen and oxygen atoms in total. The highest BCUT2D eigenvalue weighted by Gasteiger charge is 2.19. The topological polar surface area (TPSA) is 66.0 Å². The summed E-state index contributed by atoms with van der Waals surface area (Å²) in [6.07, 6.45) is 1.58. The molecule has 1 amide bonds. The zero-order chi connectivity index (χ0) is 16.1. The van der Waals surface area contributed by atoms with E-state index in [-0.39, 0.29) is 11.9 Å². The van der Waals surface area contributed by atoms with Crippen molar-refractivity contribution in [2.24, 2.45) is 0 Å². The predicted molar refractivity (Wildman–Crippen MR) is 85.6 cm³/mol. The van der Waals surface area contributed by atoms with Crippen molar-refractivity contribution >= 4 is 5.91 Å². The average molecular weight is 302 g/mol. The fraction of sp³-hybridized carbons (Fsp3) is 0.0526. The lowest BCUT2D eigenvalue weighted by molar-refractivity contribution is 0.0939. The fourth-order valence-electron chi connectivity index (χ4n) is 2.33. The van der Waals surface area contributed by atoms with Gasteiger partial charge in [-0.3, -0.25) is 4.79 Å². The molecule has 0 aliphatic carbocycles.